The summed E-state index contributed by atoms with van der Waals surface area (Å²) in [5, 5.41) is 0. The van der Waals surface area contributed by atoms with Gasteiger partial charge in [-0.25, -0.2) is 0 Å². The number of methoxy groups -OCH3 is 1. The Morgan fingerprint density at radius 1 is 1.20 bits per heavy atom. The third-order valence-corrected chi connectivity index (χ3v) is 4.77. The van der Waals surface area contributed by atoms with Crippen LogP contribution in [-0.2, 0) is 6.42 Å². The molecule has 1 atom stereocenters. The number of benzene rings is 1. The lowest BCUT2D eigenvalue weighted by Crippen LogP contribution is -2.55. The lowest BCUT2D eigenvalue weighted by molar-refractivity contribution is 0.0500. The fourth-order valence-electron chi connectivity index (χ4n) is 3.54. The fourth-order valence-corrected chi connectivity index (χ4v) is 3.54. The van der Waals surface area contributed by atoms with Crippen molar-refractivity contribution in [3.05, 3.63) is 29.8 Å². The standard InChI is InChI=1S/C17H26N2O/c1-20-17-7-4-5-15(13-17)8-10-18-11-12-19-9-3-2-6-16(19)14-18/h4-5,7,13,16H,2-3,6,8-12,14H2,1H3. The van der Waals surface area contributed by atoms with E-state index in [1.807, 2.05) is 6.07 Å². The van der Waals surface area contributed by atoms with E-state index < -0.39 is 0 Å². The molecule has 0 bridgehead atoms. The number of piperidine rings is 1. The Morgan fingerprint density at radius 3 is 3.05 bits per heavy atom. The molecule has 2 heterocycles. The quantitative estimate of drug-likeness (QED) is 0.838. The van der Waals surface area contributed by atoms with Gasteiger partial charge in [0.05, 0.1) is 7.11 Å². The number of rotatable bonds is 4. The molecule has 20 heavy (non-hydrogen) atoms. The first-order valence-corrected chi connectivity index (χ1v) is 7.94. The van der Waals surface area contributed by atoms with Crippen molar-refractivity contribution >= 4 is 0 Å². The third kappa shape index (κ3) is 3.33. The van der Waals surface area contributed by atoms with Gasteiger partial charge in [-0.3, -0.25) is 4.90 Å². The molecular formula is C17H26N2O. The summed E-state index contributed by atoms with van der Waals surface area (Å²) in [5.74, 6) is 0.972. The van der Waals surface area contributed by atoms with Gasteiger partial charge in [0, 0.05) is 32.2 Å². The predicted octanol–water partition coefficient (Wildman–Crippen LogP) is 2.41. The highest BCUT2D eigenvalue weighted by atomic mass is 16.5. The topological polar surface area (TPSA) is 15.7 Å². The minimum atomic E-state index is 0.822. The van der Waals surface area contributed by atoms with Crippen molar-refractivity contribution in [3.63, 3.8) is 0 Å². The van der Waals surface area contributed by atoms with Crippen LogP contribution < -0.4 is 4.74 Å². The molecule has 0 radical (unpaired) electrons. The molecule has 2 fully saturated rings. The molecule has 2 saturated heterocycles. The van der Waals surface area contributed by atoms with Gasteiger partial charge in [0.15, 0.2) is 0 Å². The molecule has 0 aliphatic carbocycles. The van der Waals surface area contributed by atoms with E-state index in [1.54, 1.807) is 7.11 Å². The predicted molar refractivity (Wildman–Crippen MR) is 82.4 cm³/mol. The summed E-state index contributed by atoms with van der Waals surface area (Å²) in [5.41, 5.74) is 1.38. The molecule has 2 aliphatic rings. The Labute approximate surface area is 122 Å². The molecular weight excluding hydrogens is 248 g/mol. The molecule has 1 aromatic rings. The molecule has 0 saturated carbocycles. The van der Waals surface area contributed by atoms with Crippen LogP contribution in [0, 0.1) is 0 Å². The van der Waals surface area contributed by atoms with E-state index in [-0.39, 0.29) is 0 Å². The smallest absolute Gasteiger partial charge is 0.119 e. The van der Waals surface area contributed by atoms with E-state index in [0.29, 0.717) is 0 Å². The average molecular weight is 274 g/mol. The van der Waals surface area contributed by atoms with Crippen LogP contribution >= 0.6 is 0 Å². The van der Waals surface area contributed by atoms with Crippen molar-refractivity contribution in [1.82, 2.24) is 9.80 Å². The number of nitrogens with zero attached hydrogens (tertiary/aromatic N) is 2. The van der Waals surface area contributed by atoms with Crippen molar-refractivity contribution in [1.29, 1.82) is 0 Å². The van der Waals surface area contributed by atoms with Crippen molar-refractivity contribution in [2.24, 2.45) is 0 Å². The summed E-state index contributed by atoms with van der Waals surface area (Å²) in [4.78, 5) is 5.34. The maximum atomic E-state index is 5.30. The average Bonchev–Trinajstić information content (AvgIpc) is 2.53. The highest BCUT2D eigenvalue weighted by Crippen LogP contribution is 2.21. The van der Waals surface area contributed by atoms with Crippen LogP contribution in [0.25, 0.3) is 0 Å². The zero-order valence-corrected chi connectivity index (χ0v) is 12.6. The summed E-state index contributed by atoms with van der Waals surface area (Å²) in [6.07, 6.45) is 5.35. The molecule has 1 aromatic carbocycles. The van der Waals surface area contributed by atoms with Crippen LogP contribution in [0.1, 0.15) is 24.8 Å². The van der Waals surface area contributed by atoms with Crippen LogP contribution in [0.5, 0.6) is 5.75 Å². The number of piperazine rings is 1. The van der Waals surface area contributed by atoms with E-state index in [4.69, 9.17) is 4.74 Å². The molecule has 110 valence electrons. The van der Waals surface area contributed by atoms with E-state index in [9.17, 15) is 0 Å². The first-order valence-electron chi connectivity index (χ1n) is 7.94. The van der Waals surface area contributed by atoms with E-state index in [1.165, 1.54) is 57.5 Å². The molecule has 3 rings (SSSR count). The van der Waals surface area contributed by atoms with Gasteiger partial charge in [-0.1, -0.05) is 18.6 Å². The van der Waals surface area contributed by atoms with Crippen LogP contribution in [0.3, 0.4) is 0 Å². The summed E-state index contributed by atoms with van der Waals surface area (Å²) in [7, 11) is 1.74. The lowest BCUT2D eigenvalue weighted by atomic mass is 9.99. The van der Waals surface area contributed by atoms with E-state index in [2.05, 4.69) is 28.0 Å². The van der Waals surface area contributed by atoms with Gasteiger partial charge in [-0.05, 0) is 43.5 Å². The fraction of sp³-hybridized carbons (Fsp3) is 0.647. The minimum Gasteiger partial charge on any atom is -0.497 e. The largest absolute Gasteiger partial charge is 0.497 e. The van der Waals surface area contributed by atoms with Crippen LogP contribution in [0.4, 0.5) is 0 Å². The molecule has 2 aliphatic heterocycles. The number of hydrogen-bond donors (Lipinski definition) is 0. The van der Waals surface area contributed by atoms with Crippen molar-refractivity contribution in [2.45, 2.75) is 31.7 Å². The van der Waals surface area contributed by atoms with E-state index in [0.717, 1.165) is 18.2 Å². The summed E-state index contributed by atoms with van der Waals surface area (Å²) < 4.78 is 5.30. The van der Waals surface area contributed by atoms with Crippen molar-refractivity contribution in [3.8, 4) is 5.75 Å². The first-order chi connectivity index (χ1) is 9.85. The second-order valence-corrected chi connectivity index (χ2v) is 6.09. The summed E-state index contributed by atoms with van der Waals surface area (Å²) in [6, 6.07) is 9.30. The van der Waals surface area contributed by atoms with Gasteiger partial charge in [0.25, 0.3) is 0 Å². The van der Waals surface area contributed by atoms with Gasteiger partial charge in [0.1, 0.15) is 5.75 Å². The highest BCUT2D eigenvalue weighted by Gasteiger charge is 2.28. The molecule has 3 nitrogen and oxygen atoms in total. The van der Waals surface area contributed by atoms with Gasteiger partial charge < -0.3 is 9.64 Å². The molecule has 1 unspecified atom stereocenters. The first kappa shape index (κ1) is 13.9. The zero-order valence-electron chi connectivity index (χ0n) is 12.6. The second kappa shape index (κ2) is 6.59. The van der Waals surface area contributed by atoms with Gasteiger partial charge >= 0.3 is 0 Å². The normalized spacial score (nSPS) is 24.4. The maximum Gasteiger partial charge on any atom is 0.119 e. The van der Waals surface area contributed by atoms with Gasteiger partial charge in [-0.15, -0.1) is 0 Å². The Hall–Kier alpha value is -1.06. The lowest BCUT2D eigenvalue weighted by Gasteiger charge is -2.44. The number of ether oxygens (including phenoxy) is 1. The Bertz CT molecular complexity index is 435. The number of hydrogen-bond acceptors (Lipinski definition) is 3. The second-order valence-electron chi connectivity index (χ2n) is 6.09. The Morgan fingerprint density at radius 2 is 2.15 bits per heavy atom. The van der Waals surface area contributed by atoms with Gasteiger partial charge in [-0.2, -0.15) is 0 Å². The highest BCUT2D eigenvalue weighted by molar-refractivity contribution is 5.28. The molecule has 0 N–H and O–H groups in total. The van der Waals surface area contributed by atoms with Crippen molar-refractivity contribution in [2.75, 3.05) is 39.8 Å². The summed E-state index contributed by atoms with van der Waals surface area (Å²) in [6.45, 7) is 6.28. The molecule has 0 aromatic heterocycles. The Kier molecular flexibility index (Phi) is 4.58. The van der Waals surface area contributed by atoms with Crippen LogP contribution in [0.2, 0.25) is 0 Å². The molecule has 0 spiro atoms. The summed E-state index contributed by atoms with van der Waals surface area (Å²) >= 11 is 0. The molecule has 0 amide bonds. The van der Waals surface area contributed by atoms with Crippen molar-refractivity contribution < 1.29 is 4.74 Å². The third-order valence-electron chi connectivity index (χ3n) is 4.77. The zero-order chi connectivity index (χ0) is 13.8. The van der Waals surface area contributed by atoms with Crippen LogP contribution in [-0.4, -0.2) is 55.7 Å². The minimum absolute atomic E-state index is 0.822. The van der Waals surface area contributed by atoms with Gasteiger partial charge in [0.2, 0.25) is 0 Å². The SMILES string of the molecule is COc1cccc(CCN2CCN3CCCCC3C2)c1. The monoisotopic (exact) mass is 274 g/mol. The number of fused-ring (bicyclic) bond motifs is 1. The maximum absolute atomic E-state index is 5.30. The Balaban J connectivity index is 1.51. The van der Waals surface area contributed by atoms with Crippen LogP contribution in [0.15, 0.2) is 24.3 Å². The van der Waals surface area contributed by atoms with E-state index >= 15 is 0 Å². The molecule has 3 heteroatoms.